The lowest BCUT2D eigenvalue weighted by molar-refractivity contribution is -0.131. The van der Waals surface area contributed by atoms with Crippen LogP contribution in [-0.4, -0.2) is 27.1 Å². The second kappa shape index (κ2) is 5.68. The van der Waals surface area contributed by atoms with E-state index in [1.165, 1.54) is 12.1 Å². The van der Waals surface area contributed by atoms with Gasteiger partial charge in [-0.3, -0.25) is 9.48 Å². The monoisotopic (exact) mass is 287 g/mol. The highest BCUT2D eigenvalue weighted by Crippen LogP contribution is 2.32. The fourth-order valence-corrected chi connectivity index (χ4v) is 2.95. The molecule has 1 aliphatic rings. The summed E-state index contributed by atoms with van der Waals surface area (Å²) in [5.41, 5.74) is 1.79. The number of rotatable bonds is 3. The molecule has 2 heterocycles. The highest BCUT2D eigenvalue weighted by atomic mass is 19.1. The van der Waals surface area contributed by atoms with Crippen LogP contribution in [0.1, 0.15) is 30.0 Å². The molecule has 2 aromatic rings. The highest BCUT2D eigenvalue weighted by Gasteiger charge is 2.30. The van der Waals surface area contributed by atoms with Crippen LogP contribution in [0.15, 0.2) is 36.7 Å². The van der Waals surface area contributed by atoms with Crippen molar-refractivity contribution in [1.29, 1.82) is 0 Å². The number of amides is 1. The second-order valence-corrected chi connectivity index (χ2v) is 5.50. The third-order valence-corrected chi connectivity index (χ3v) is 3.93. The number of hydrogen-bond acceptors (Lipinski definition) is 2. The average Bonchev–Trinajstić information content (AvgIpc) is 3.06. The lowest BCUT2D eigenvalue weighted by Gasteiger charge is -2.24. The van der Waals surface area contributed by atoms with E-state index in [9.17, 15) is 9.18 Å². The number of carbonyl (C=O) groups excluding carboxylic acids is 1. The summed E-state index contributed by atoms with van der Waals surface area (Å²) in [7, 11) is 1.87. The van der Waals surface area contributed by atoms with Gasteiger partial charge in [-0.25, -0.2) is 4.39 Å². The number of hydrogen-bond donors (Lipinski definition) is 0. The summed E-state index contributed by atoms with van der Waals surface area (Å²) in [5, 5.41) is 4.18. The van der Waals surface area contributed by atoms with E-state index in [1.54, 1.807) is 16.8 Å². The molecule has 0 aliphatic carbocycles. The molecule has 1 aromatic carbocycles. The van der Waals surface area contributed by atoms with E-state index in [-0.39, 0.29) is 24.2 Å². The molecule has 1 fully saturated rings. The largest absolute Gasteiger partial charge is 0.335 e. The van der Waals surface area contributed by atoms with Crippen molar-refractivity contribution in [3.63, 3.8) is 0 Å². The van der Waals surface area contributed by atoms with Gasteiger partial charge in [0, 0.05) is 25.4 Å². The molecule has 110 valence electrons. The predicted octanol–water partition coefficient (Wildman–Crippen LogP) is 2.47. The number of aromatic nitrogens is 2. The first-order chi connectivity index (χ1) is 10.1. The zero-order chi connectivity index (χ0) is 14.8. The SMILES string of the molecule is Cn1cc(C2CCCN2C(=O)Cc2cccc(F)c2)cn1. The molecular formula is C16H18FN3O. The maximum absolute atomic E-state index is 13.2. The summed E-state index contributed by atoms with van der Waals surface area (Å²) in [4.78, 5) is 14.4. The number of likely N-dealkylation sites (tertiary alicyclic amines) is 1. The standard InChI is InChI=1S/C16H18FN3O/c1-19-11-13(10-18-19)15-6-3-7-20(15)16(21)9-12-4-2-5-14(17)8-12/h2,4-5,8,10-11,15H,3,6-7,9H2,1H3. The van der Waals surface area contributed by atoms with E-state index >= 15 is 0 Å². The van der Waals surface area contributed by atoms with E-state index in [4.69, 9.17) is 0 Å². The fourth-order valence-electron chi connectivity index (χ4n) is 2.95. The van der Waals surface area contributed by atoms with Crippen molar-refractivity contribution in [2.45, 2.75) is 25.3 Å². The molecular weight excluding hydrogens is 269 g/mol. The molecule has 0 N–H and O–H groups in total. The molecule has 0 spiro atoms. The van der Waals surface area contributed by atoms with Crippen molar-refractivity contribution in [3.05, 3.63) is 53.6 Å². The molecule has 5 heteroatoms. The zero-order valence-electron chi connectivity index (χ0n) is 12.0. The van der Waals surface area contributed by atoms with Gasteiger partial charge in [-0.1, -0.05) is 12.1 Å². The predicted molar refractivity (Wildman–Crippen MR) is 77.0 cm³/mol. The number of carbonyl (C=O) groups is 1. The van der Waals surface area contributed by atoms with Crippen LogP contribution in [-0.2, 0) is 18.3 Å². The molecule has 0 saturated carbocycles. The summed E-state index contributed by atoms with van der Waals surface area (Å²) in [6, 6.07) is 6.34. The molecule has 1 amide bonds. The Kier molecular flexibility index (Phi) is 3.73. The Bertz CT molecular complexity index is 652. The first kappa shape index (κ1) is 13.8. The molecule has 1 atom stereocenters. The van der Waals surface area contributed by atoms with Gasteiger partial charge in [-0.2, -0.15) is 5.10 Å². The zero-order valence-corrected chi connectivity index (χ0v) is 12.0. The first-order valence-electron chi connectivity index (χ1n) is 7.16. The van der Waals surface area contributed by atoms with Crippen LogP contribution in [0, 0.1) is 5.82 Å². The molecule has 0 radical (unpaired) electrons. The van der Waals surface area contributed by atoms with Gasteiger partial charge in [-0.05, 0) is 30.5 Å². The lowest BCUT2D eigenvalue weighted by atomic mass is 10.1. The summed E-state index contributed by atoms with van der Waals surface area (Å²) < 4.78 is 15.0. The topological polar surface area (TPSA) is 38.1 Å². The van der Waals surface area contributed by atoms with Crippen molar-refractivity contribution in [2.24, 2.45) is 7.05 Å². The third-order valence-electron chi connectivity index (χ3n) is 3.93. The van der Waals surface area contributed by atoms with Gasteiger partial charge in [0.2, 0.25) is 5.91 Å². The summed E-state index contributed by atoms with van der Waals surface area (Å²) in [5.74, 6) is -0.252. The maximum atomic E-state index is 13.2. The summed E-state index contributed by atoms with van der Waals surface area (Å²) >= 11 is 0. The van der Waals surface area contributed by atoms with Crippen molar-refractivity contribution in [1.82, 2.24) is 14.7 Å². The Hall–Kier alpha value is -2.17. The third kappa shape index (κ3) is 2.96. The minimum atomic E-state index is -0.300. The Labute approximate surface area is 123 Å². The lowest BCUT2D eigenvalue weighted by Crippen LogP contribution is -2.31. The van der Waals surface area contributed by atoms with Crippen LogP contribution in [0.2, 0.25) is 0 Å². The van der Waals surface area contributed by atoms with Gasteiger partial charge in [0.05, 0.1) is 18.7 Å². The molecule has 1 saturated heterocycles. The minimum absolute atomic E-state index is 0.0481. The smallest absolute Gasteiger partial charge is 0.227 e. The van der Waals surface area contributed by atoms with Gasteiger partial charge < -0.3 is 4.90 Å². The molecule has 0 bridgehead atoms. The summed E-state index contributed by atoms with van der Waals surface area (Å²) in [6.07, 6.45) is 5.97. The quantitative estimate of drug-likeness (QED) is 0.869. The minimum Gasteiger partial charge on any atom is -0.335 e. The van der Waals surface area contributed by atoms with Crippen LogP contribution >= 0.6 is 0 Å². The van der Waals surface area contributed by atoms with E-state index < -0.39 is 0 Å². The van der Waals surface area contributed by atoms with Crippen molar-refractivity contribution < 1.29 is 9.18 Å². The van der Waals surface area contributed by atoms with Gasteiger partial charge in [0.15, 0.2) is 0 Å². The van der Waals surface area contributed by atoms with Gasteiger partial charge in [0.1, 0.15) is 5.82 Å². The van der Waals surface area contributed by atoms with E-state index in [0.717, 1.165) is 30.5 Å². The van der Waals surface area contributed by atoms with Gasteiger partial charge in [0.25, 0.3) is 0 Å². The summed E-state index contributed by atoms with van der Waals surface area (Å²) in [6.45, 7) is 0.758. The molecule has 4 nitrogen and oxygen atoms in total. The molecule has 1 aromatic heterocycles. The van der Waals surface area contributed by atoms with Crippen LogP contribution < -0.4 is 0 Å². The number of benzene rings is 1. The number of halogens is 1. The van der Waals surface area contributed by atoms with Crippen molar-refractivity contribution in [2.75, 3.05) is 6.54 Å². The molecule has 21 heavy (non-hydrogen) atoms. The number of nitrogens with zero attached hydrogens (tertiary/aromatic N) is 3. The van der Waals surface area contributed by atoms with E-state index in [0.29, 0.717) is 0 Å². The first-order valence-corrected chi connectivity index (χ1v) is 7.16. The molecule has 3 rings (SSSR count). The Morgan fingerprint density at radius 1 is 1.48 bits per heavy atom. The Balaban J connectivity index is 1.74. The molecule has 1 aliphatic heterocycles. The van der Waals surface area contributed by atoms with Gasteiger partial charge >= 0.3 is 0 Å². The highest BCUT2D eigenvalue weighted by molar-refractivity contribution is 5.79. The Morgan fingerprint density at radius 3 is 3.05 bits per heavy atom. The Morgan fingerprint density at radius 2 is 2.33 bits per heavy atom. The van der Waals surface area contributed by atoms with Crippen LogP contribution in [0.3, 0.4) is 0 Å². The van der Waals surface area contributed by atoms with E-state index in [2.05, 4.69) is 5.10 Å². The second-order valence-electron chi connectivity index (χ2n) is 5.50. The van der Waals surface area contributed by atoms with E-state index in [1.807, 2.05) is 24.3 Å². The maximum Gasteiger partial charge on any atom is 0.227 e. The average molecular weight is 287 g/mol. The van der Waals surface area contributed by atoms with Gasteiger partial charge in [-0.15, -0.1) is 0 Å². The van der Waals surface area contributed by atoms with Crippen molar-refractivity contribution in [3.8, 4) is 0 Å². The van der Waals surface area contributed by atoms with Crippen molar-refractivity contribution >= 4 is 5.91 Å². The van der Waals surface area contributed by atoms with Crippen LogP contribution in [0.25, 0.3) is 0 Å². The fraction of sp³-hybridized carbons (Fsp3) is 0.375. The number of aryl methyl sites for hydroxylation is 1. The van der Waals surface area contributed by atoms with Crippen LogP contribution in [0.4, 0.5) is 4.39 Å². The molecule has 1 unspecified atom stereocenters. The normalized spacial score (nSPS) is 18.2. The van der Waals surface area contributed by atoms with Crippen LogP contribution in [0.5, 0.6) is 0 Å².